The van der Waals surface area contributed by atoms with Gasteiger partial charge in [-0.05, 0) is 48.2 Å². The number of thiophene rings is 1. The van der Waals surface area contributed by atoms with E-state index >= 15 is 0 Å². The minimum Gasteiger partial charge on any atom is -0.494 e. The van der Waals surface area contributed by atoms with E-state index in [4.69, 9.17) is 9.84 Å². The second-order valence-corrected chi connectivity index (χ2v) is 4.81. The molecule has 5 heteroatoms. The molecule has 2 rings (SSSR count). The van der Waals surface area contributed by atoms with Crippen LogP contribution in [0.1, 0.15) is 22.2 Å². The smallest absolute Gasteiger partial charge is 0.346 e. The molecule has 0 fully saturated rings. The lowest BCUT2D eigenvalue weighted by Crippen LogP contribution is -2.04. The first-order valence-corrected chi connectivity index (χ1v) is 6.85. The van der Waals surface area contributed by atoms with E-state index in [0.717, 1.165) is 17.0 Å². The fourth-order valence-corrected chi connectivity index (χ4v) is 2.46. The predicted octanol–water partition coefficient (Wildman–Crippen LogP) is 3.46. The molecule has 0 saturated carbocycles. The van der Waals surface area contributed by atoms with Crippen molar-refractivity contribution in [2.45, 2.75) is 13.5 Å². The van der Waals surface area contributed by atoms with Crippen LogP contribution in [0.2, 0.25) is 0 Å². The molecule has 0 atom stereocenters. The molecule has 1 aromatic heterocycles. The number of hydrogen-bond acceptors (Lipinski definition) is 4. The SMILES string of the molecule is CCOc1ccc(NCc2ccsc2C(=O)O)cc1. The van der Waals surface area contributed by atoms with Crippen molar-refractivity contribution >= 4 is 23.0 Å². The molecule has 0 aliphatic carbocycles. The van der Waals surface area contributed by atoms with Crippen molar-refractivity contribution < 1.29 is 14.6 Å². The van der Waals surface area contributed by atoms with E-state index < -0.39 is 5.97 Å². The number of benzene rings is 1. The lowest BCUT2D eigenvalue weighted by atomic mass is 10.2. The van der Waals surface area contributed by atoms with Gasteiger partial charge in [-0.15, -0.1) is 11.3 Å². The van der Waals surface area contributed by atoms with Gasteiger partial charge in [-0.2, -0.15) is 0 Å². The molecule has 100 valence electrons. The average Bonchev–Trinajstić information content (AvgIpc) is 2.87. The number of hydrogen-bond donors (Lipinski definition) is 2. The Morgan fingerprint density at radius 1 is 1.32 bits per heavy atom. The molecule has 0 radical (unpaired) electrons. The van der Waals surface area contributed by atoms with Crippen molar-refractivity contribution in [2.24, 2.45) is 0 Å². The third-order valence-corrected chi connectivity index (χ3v) is 3.53. The van der Waals surface area contributed by atoms with Crippen molar-refractivity contribution in [3.63, 3.8) is 0 Å². The van der Waals surface area contributed by atoms with Crippen LogP contribution in [0.4, 0.5) is 5.69 Å². The normalized spacial score (nSPS) is 10.2. The van der Waals surface area contributed by atoms with Crippen molar-refractivity contribution in [3.05, 3.63) is 46.2 Å². The third kappa shape index (κ3) is 3.48. The maximum absolute atomic E-state index is 11.0. The number of carbonyl (C=O) groups is 1. The Bertz CT molecular complexity index is 548. The standard InChI is InChI=1S/C14H15NO3S/c1-2-18-12-5-3-11(4-6-12)15-9-10-7-8-19-13(10)14(16)17/h3-8,15H,2,9H2,1H3,(H,16,17). The first-order chi connectivity index (χ1) is 9.20. The van der Waals surface area contributed by atoms with Gasteiger partial charge in [0.05, 0.1) is 6.61 Å². The highest BCUT2D eigenvalue weighted by Gasteiger charge is 2.10. The van der Waals surface area contributed by atoms with Gasteiger partial charge in [-0.3, -0.25) is 0 Å². The summed E-state index contributed by atoms with van der Waals surface area (Å²) >= 11 is 1.24. The van der Waals surface area contributed by atoms with Crippen LogP contribution in [-0.4, -0.2) is 17.7 Å². The van der Waals surface area contributed by atoms with Crippen molar-refractivity contribution in [1.29, 1.82) is 0 Å². The van der Waals surface area contributed by atoms with E-state index in [2.05, 4.69) is 5.32 Å². The fraction of sp³-hybridized carbons (Fsp3) is 0.214. The van der Waals surface area contributed by atoms with Gasteiger partial charge in [-0.25, -0.2) is 4.79 Å². The van der Waals surface area contributed by atoms with Gasteiger partial charge in [-0.1, -0.05) is 0 Å². The Morgan fingerprint density at radius 2 is 2.05 bits per heavy atom. The minimum absolute atomic E-state index is 0.387. The highest BCUT2D eigenvalue weighted by molar-refractivity contribution is 7.12. The first kappa shape index (κ1) is 13.4. The summed E-state index contributed by atoms with van der Waals surface area (Å²) in [4.78, 5) is 11.4. The maximum Gasteiger partial charge on any atom is 0.346 e. The Labute approximate surface area is 115 Å². The second kappa shape index (κ2) is 6.24. The van der Waals surface area contributed by atoms with Gasteiger partial charge in [0.25, 0.3) is 0 Å². The molecule has 0 bridgehead atoms. The van der Waals surface area contributed by atoms with E-state index in [-0.39, 0.29) is 0 Å². The lowest BCUT2D eigenvalue weighted by Gasteiger charge is -2.07. The molecule has 1 aromatic carbocycles. The fourth-order valence-electron chi connectivity index (χ4n) is 1.70. The molecule has 0 saturated heterocycles. The molecule has 0 unspecified atom stereocenters. The van der Waals surface area contributed by atoms with Crippen LogP contribution in [0.25, 0.3) is 0 Å². The number of ether oxygens (including phenoxy) is 1. The molecule has 0 amide bonds. The molecule has 0 aliphatic heterocycles. The van der Waals surface area contributed by atoms with E-state index in [0.29, 0.717) is 18.0 Å². The van der Waals surface area contributed by atoms with Gasteiger partial charge in [0.2, 0.25) is 0 Å². The van der Waals surface area contributed by atoms with Crippen LogP contribution in [0, 0.1) is 0 Å². The van der Waals surface area contributed by atoms with Gasteiger partial charge < -0.3 is 15.2 Å². The quantitative estimate of drug-likeness (QED) is 0.849. The summed E-state index contributed by atoms with van der Waals surface area (Å²) in [6.45, 7) is 3.08. The van der Waals surface area contributed by atoms with Crippen LogP contribution >= 0.6 is 11.3 Å². The highest BCUT2D eigenvalue weighted by atomic mass is 32.1. The summed E-state index contributed by atoms with van der Waals surface area (Å²) in [5.74, 6) is -0.0479. The van der Waals surface area contributed by atoms with Crippen molar-refractivity contribution in [3.8, 4) is 5.75 Å². The average molecular weight is 277 g/mol. The zero-order valence-electron chi connectivity index (χ0n) is 10.6. The summed E-state index contributed by atoms with van der Waals surface area (Å²) in [6.07, 6.45) is 0. The van der Waals surface area contributed by atoms with Gasteiger partial charge >= 0.3 is 5.97 Å². The predicted molar refractivity (Wildman–Crippen MR) is 76.2 cm³/mol. The summed E-state index contributed by atoms with van der Waals surface area (Å²) in [5, 5.41) is 14.0. The molecule has 4 nitrogen and oxygen atoms in total. The van der Waals surface area contributed by atoms with Crippen molar-refractivity contribution in [2.75, 3.05) is 11.9 Å². The number of nitrogens with one attached hydrogen (secondary N) is 1. The van der Waals surface area contributed by atoms with Crippen LogP contribution in [0.5, 0.6) is 5.75 Å². The summed E-state index contributed by atoms with van der Waals surface area (Å²) in [6, 6.07) is 9.43. The topological polar surface area (TPSA) is 58.6 Å². The van der Waals surface area contributed by atoms with Crippen molar-refractivity contribution in [1.82, 2.24) is 0 Å². The lowest BCUT2D eigenvalue weighted by molar-refractivity contribution is 0.0701. The number of aromatic carboxylic acids is 1. The molecule has 19 heavy (non-hydrogen) atoms. The van der Waals surface area contributed by atoms with E-state index in [9.17, 15) is 4.79 Å². The zero-order valence-corrected chi connectivity index (χ0v) is 11.4. The van der Waals surface area contributed by atoms with E-state index in [1.807, 2.05) is 37.3 Å². The molecule has 1 heterocycles. The number of rotatable bonds is 6. The van der Waals surface area contributed by atoms with Crippen LogP contribution < -0.4 is 10.1 Å². The van der Waals surface area contributed by atoms with Crippen LogP contribution in [-0.2, 0) is 6.54 Å². The van der Waals surface area contributed by atoms with E-state index in [1.54, 1.807) is 5.38 Å². The molecule has 2 aromatic rings. The minimum atomic E-state index is -0.876. The van der Waals surface area contributed by atoms with Gasteiger partial charge in [0, 0.05) is 12.2 Å². The van der Waals surface area contributed by atoms with Crippen LogP contribution in [0.3, 0.4) is 0 Å². The molecular formula is C14H15NO3S. The Morgan fingerprint density at radius 3 is 2.68 bits per heavy atom. The van der Waals surface area contributed by atoms with E-state index in [1.165, 1.54) is 11.3 Å². The van der Waals surface area contributed by atoms with Gasteiger partial charge in [0.15, 0.2) is 0 Å². The molecule has 2 N–H and O–H groups in total. The first-order valence-electron chi connectivity index (χ1n) is 5.97. The molecular weight excluding hydrogens is 262 g/mol. The zero-order chi connectivity index (χ0) is 13.7. The van der Waals surface area contributed by atoms with Gasteiger partial charge in [0.1, 0.15) is 10.6 Å². The summed E-state index contributed by atoms with van der Waals surface area (Å²) < 4.78 is 5.36. The summed E-state index contributed by atoms with van der Waals surface area (Å²) in [5.41, 5.74) is 1.73. The Kier molecular flexibility index (Phi) is 4.41. The number of carboxylic acid groups (broad SMARTS) is 1. The van der Waals surface area contributed by atoms with Crippen LogP contribution in [0.15, 0.2) is 35.7 Å². The largest absolute Gasteiger partial charge is 0.494 e. The second-order valence-electron chi connectivity index (χ2n) is 3.89. The summed E-state index contributed by atoms with van der Waals surface area (Å²) in [7, 11) is 0. The Hall–Kier alpha value is -2.01. The highest BCUT2D eigenvalue weighted by Crippen LogP contribution is 2.20. The Balaban J connectivity index is 1.98. The monoisotopic (exact) mass is 277 g/mol. The molecule has 0 spiro atoms. The number of carboxylic acids is 1. The third-order valence-electron chi connectivity index (χ3n) is 2.59. The maximum atomic E-state index is 11.0. The molecule has 0 aliphatic rings. The number of anilines is 1.